The summed E-state index contributed by atoms with van der Waals surface area (Å²) in [4.78, 5) is 9.46. The summed E-state index contributed by atoms with van der Waals surface area (Å²) in [6.07, 6.45) is 0.637. The molecular weight excluding hydrogens is 412 g/mol. The minimum atomic E-state index is 0.492. The summed E-state index contributed by atoms with van der Waals surface area (Å²) in [7, 11) is 0. The zero-order chi connectivity index (χ0) is 17.9. The van der Waals surface area contributed by atoms with Crippen molar-refractivity contribution in [3.05, 3.63) is 93.5 Å². The number of hydrogen-bond donors (Lipinski definition) is 0. The van der Waals surface area contributed by atoms with E-state index in [1.54, 1.807) is 6.07 Å². The number of aromatic nitrogens is 2. The third-order valence-corrected chi connectivity index (χ3v) is 5.16. The maximum atomic E-state index is 6.18. The first-order valence-electron chi connectivity index (χ1n) is 8.11. The van der Waals surface area contributed by atoms with Gasteiger partial charge in [0.25, 0.3) is 0 Å². The van der Waals surface area contributed by atoms with Gasteiger partial charge in [-0.05, 0) is 45.8 Å². The van der Waals surface area contributed by atoms with Crippen molar-refractivity contribution < 1.29 is 4.74 Å². The Balaban J connectivity index is 1.77. The molecule has 0 radical (unpaired) electrons. The van der Waals surface area contributed by atoms with Crippen LogP contribution >= 0.6 is 27.5 Å². The fourth-order valence-electron chi connectivity index (χ4n) is 2.66. The summed E-state index contributed by atoms with van der Waals surface area (Å²) in [5.74, 6) is 1.11. The molecule has 1 aromatic heterocycles. The van der Waals surface area contributed by atoms with Crippen molar-refractivity contribution in [2.24, 2.45) is 0 Å². The van der Waals surface area contributed by atoms with Gasteiger partial charge in [0.1, 0.15) is 11.4 Å². The van der Waals surface area contributed by atoms with Crippen LogP contribution in [-0.4, -0.2) is 9.97 Å². The van der Waals surface area contributed by atoms with E-state index in [9.17, 15) is 0 Å². The molecule has 26 heavy (non-hydrogen) atoms. The maximum absolute atomic E-state index is 6.18. The van der Waals surface area contributed by atoms with Crippen LogP contribution in [0.1, 0.15) is 11.3 Å². The van der Waals surface area contributed by atoms with Crippen LogP contribution in [0.25, 0.3) is 11.0 Å². The summed E-state index contributed by atoms with van der Waals surface area (Å²) in [6.45, 7) is 0. The van der Waals surface area contributed by atoms with E-state index in [0.717, 1.165) is 26.8 Å². The fraction of sp³-hybridized carbons (Fsp3) is 0.0476. The number of benzene rings is 3. The Morgan fingerprint density at radius 2 is 1.54 bits per heavy atom. The lowest BCUT2D eigenvalue weighted by atomic mass is 10.1. The topological polar surface area (TPSA) is 35.0 Å². The maximum Gasteiger partial charge on any atom is 0.242 e. The first-order chi connectivity index (χ1) is 12.7. The molecule has 0 aliphatic heterocycles. The summed E-state index contributed by atoms with van der Waals surface area (Å²) in [5, 5.41) is 0.584. The lowest BCUT2D eigenvalue weighted by molar-refractivity contribution is 0.456. The molecule has 0 aliphatic rings. The molecule has 0 aliphatic carbocycles. The van der Waals surface area contributed by atoms with Crippen molar-refractivity contribution in [3.63, 3.8) is 0 Å². The number of ether oxygens (including phenoxy) is 1. The van der Waals surface area contributed by atoms with E-state index in [2.05, 4.69) is 33.0 Å². The minimum absolute atomic E-state index is 0.492. The van der Waals surface area contributed by atoms with Crippen LogP contribution in [0, 0.1) is 0 Å². The Labute approximate surface area is 164 Å². The molecule has 0 spiro atoms. The fourth-order valence-corrected chi connectivity index (χ4v) is 3.08. The molecule has 0 fully saturated rings. The number of nitrogens with zero attached hydrogens (tertiary/aromatic N) is 2. The van der Waals surface area contributed by atoms with Gasteiger partial charge in [0, 0.05) is 17.0 Å². The predicted molar refractivity (Wildman–Crippen MR) is 108 cm³/mol. The van der Waals surface area contributed by atoms with Crippen molar-refractivity contribution in [1.29, 1.82) is 0 Å². The summed E-state index contributed by atoms with van der Waals surface area (Å²) in [6, 6.07) is 23.4. The molecular formula is C21H14BrClN2O. The van der Waals surface area contributed by atoms with Crippen molar-refractivity contribution in [1.82, 2.24) is 9.97 Å². The molecule has 4 rings (SSSR count). The lowest BCUT2D eigenvalue weighted by Crippen LogP contribution is -2.01. The van der Waals surface area contributed by atoms with Crippen LogP contribution in [0.5, 0.6) is 11.6 Å². The average Bonchev–Trinajstić information content (AvgIpc) is 2.66. The number of hydrogen-bond acceptors (Lipinski definition) is 3. The Hall–Kier alpha value is -2.43. The normalized spacial score (nSPS) is 10.8. The van der Waals surface area contributed by atoms with Gasteiger partial charge in [-0.25, -0.2) is 9.97 Å². The standard InChI is InChI=1S/C21H14BrClN2O/c22-16-11-10-15(13-17(16)23)26-21-20(12-14-6-2-1-3-7-14)24-18-8-4-5-9-19(18)25-21/h1-11,13H,12H2. The highest BCUT2D eigenvalue weighted by Gasteiger charge is 2.13. The van der Waals surface area contributed by atoms with Crippen LogP contribution in [-0.2, 0) is 6.42 Å². The summed E-state index contributed by atoms with van der Waals surface area (Å²) >= 11 is 9.57. The van der Waals surface area contributed by atoms with Crippen LogP contribution in [0.2, 0.25) is 5.02 Å². The Morgan fingerprint density at radius 1 is 0.846 bits per heavy atom. The van der Waals surface area contributed by atoms with E-state index in [0.29, 0.717) is 23.1 Å². The molecule has 0 saturated carbocycles. The SMILES string of the molecule is Clc1cc(Oc2nc3ccccc3nc2Cc2ccccc2)ccc1Br. The Morgan fingerprint density at radius 3 is 2.27 bits per heavy atom. The predicted octanol–water partition coefficient (Wildman–Crippen LogP) is 6.43. The first-order valence-corrected chi connectivity index (χ1v) is 9.28. The molecule has 3 nitrogen and oxygen atoms in total. The van der Waals surface area contributed by atoms with Crippen LogP contribution in [0.3, 0.4) is 0 Å². The second-order valence-corrected chi connectivity index (χ2v) is 7.07. The largest absolute Gasteiger partial charge is 0.437 e. The van der Waals surface area contributed by atoms with E-state index in [1.165, 1.54) is 0 Å². The number of fused-ring (bicyclic) bond motifs is 1. The van der Waals surface area contributed by atoms with Crippen molar-refractivity contribution in [2.45, 2.75) is 6.42 Å². The molecule has 0 atom stereocenters. The van der Waals surface area contributed by atoms with E-state index in [1.807, 2.05) is 54.6 Å². The smallest absolute Gasteiger partial charge is 0.242 e. The Kier molecular flexibility index (Phi) is 4.87. The van der Waals surface area contributed by atoms with Crippen molar-refractivity contribution in [2.75, 3.05) is 0 Å². The molecule has 128 valence electrons. The van der Waals surface area contributed by atoms with E-state index in [-0.39, 0.29) is 0 Å². The third kappa shape index (κ3) is 3.71. The third-order valence-electron chi connectivity index (χ3n) is 3.93. The molecule has 5 heteroatoms. The highest BCUT2D eigenvalue weighted by molar-refractivity contribution is 9.10. The molecule has 4 aromatic rings. The zero-order valence-electron chi connectivity index (χ0n) is 13.7. The first kappa shape index (κ1) is 17.0. The number of para-hydroxylation sites is 2. The monoisotopic (exact) mass is 424 g/mol. The van der Waals surface area contributed by atoms with Crippen LogP contribution in [0.15, 0.2) is 77.3 Å². The van der Waals surface area contributed by atoms with Crippen LogP contribution in [0.4, 0.5) is 0 Å². The highest BCUT2D eigenvalue weighted by Crippen LogP contribution is 2.31. The van der Waals surface area contributed by atoms with Gasteiger partial charge in [0.15, 0.2) is 0 Å². The molecule has 0 amide bonds. The molecule has 3 aromatic carbocycles. The van der Waals surface area contributed by atoms with Gasteiger partial charge in [-0.1, -0.05) is 54.1 Å². The molecule has 0 unspecified atom stereocenters. The van der Waals surface area contributed by atoms with Gasteiger partial charge >= 0.3 is 0 Å². The van der Waals surface area contributed by atoms with Gasteiger partial charge in [-0.15, -0.1) is 0 Å². The molecule has 1 heterocycles. The number of halogens is 2. The second-order valence-electron chi connectivity index (χ2n) is 5.80. The molecule has 0 N–H and O–H groups in total. The quantitative estimate of drug-likeness (QED) is 0.378. The average molecular weight is 426 g/mol. The zero-order valence-corrected chi connectivity index (χ0v) is 16.0. The van der Waals surface area contributed by atoms with Gasteiger partial charge in [0.2, 0.25) is 5.88 Å². The summed E-state index contributed by atoms with van der Waals surface area (Å²) < 4.78 is 6.87. The highest BCUT2D eigenvalue weighted by atomic mass is 79.9. The Bertz CT molecular complexity index is 1070. The van der Waals surface area contributed by atoms with E-state index in [4.69, 9.17) is 21.3 Å². The number of rotatable bonds is 4. The van der Waals surface area contributed by atoms with Crippen molar-refractivity contribution in [3.8, 4) is 11.6 Å². The van der Waals surface area contributed by atoms with Gasteiger partial charge < -0.3 is 4.74 Å². The van der Waals surface area contributed by atoms with Gasteiger partial charge in [0.05, 0.1) is 16.1 Å². The summed E-state index contributed by atoms with van der Waals surface area (Å²) in [5.41, 5.74) is 3.58. The molecule has 0 saturated heterocycles. The van der Waals surface area contributed by atoms with Crippen molar-refractivity contribution >= 4 is 38.6 Å². The van der Waals surface area contributed by atoms with E-state index >= 15 is 0 Å². The second kappa shape index (κ2) is 7.44. The van der Waals surface area contributed by atoms with Gasteiger partial charge in [-0.2, -0.15) is 0 Å². The molecule has 0 bridgehead atoms. The van der Waals surface area contributed by atoms with E-state index < -0.39 is 0 Å². The van der Waals surface area contributed by atoms with Gasteiger partial charge in [-0.3, -0.25) is 0 Å². The minimum Gasteiger partial charge on any atom is -0.437 e. The lowest BCUT2D eigenvalue weighted by Gasteiger charge is -2.11. The van der Waals surface area contributed by atoms with Crippen LogP contribution < -0.4 is 4.74 Å².